The first kappa shape index (κ1) is 20.7. The van der Waals surface area contributed by atoms with Gasteiger partial charge in [0.25, 0.3) is 0 Å². The fourth-order valence-electron chi connectivity index (χ4n) is 2.70. The molecule has 1 N–H and O–H groups in total. The summed E-state index contributed by atoms with van der Waals surface area (Å²) in [5, 5.41) is 11.0. The van der Waals surface area contributed by atoms with Gasteiger partial charge in [-0.05, 0) is 42.7 Å². The molecule has 1 atom stereocenters. The van der Waals surface area contributed by atoms with Gasteiger partial charge in [-0.2, -0.15) is 0 Å². The summed E-state index contributed by atoms with van der Waals surface area (Å²) in [5.74, 6) is 0.373. The van der Waals surface area contributed by atoms with Gasteiger partial charge in [0, 0.05) is 18.8 Å². The van der Waals surface area contributed by atoms with Gasteiger partial charge in [0.05, 0.1) is 5.25 Å². The average molecular weight is 410 g/mol. The minimum absolute atomic E-state index is 0.176. The summed E-state index contributed by atoms with van der Waals surface area (Å²) < 4.78 is 1.38. The van der Waals surface area contributed by atoms with Gasteiger partial charge in [-0.3, -0.25) is 14.6 Å². The van der Waals surface area contributed by atoms with Crippen LogP contribution in [0.25, 0.3) is 11.5 Å². The average Bonchev–Trinajstić information content (AvgIpc) is 3.12. The Morgan fingerprint density at radius 2 is 1.76 bits per heavy atom. The van der Waals surface area contributed by atoms with Crippen LogP contribution >= 0.6 is 11.8 Å². The summed E-state index contributed by atoms with van der Waals surface area (Å²) in [6.07, 6.45) is 1.63. The first-order valence-electron chi connectivity index (χ1n) is 9.32. The zero-order valence-electron chi connectivity index (χ0n) is 16.8. The summed E-state index contributed by atoms with van der Waals surface area (Å²) in [6.45, 7) is 7.44. The normalized spacial score (nSPS) is 12.0. The Bertz CT molecular complexity index is 1000. The molecule has 7 nitrogen and oxygen atoms in total. The molecule has 150 valence electrons. The van der Waals surface area contributed by atoms with Crippen LogP contribution in [-0.4, -0.2) is 36.8 Å². The lowest BCUT2D eigenvalue weighted by Crippen LogP contribution is -2.23. The molecular formula is C21H23N5O2S. The smallest absolute Gasteiger partial charge is 0.237 e. The monoisotopic (exact) mass is 409 g/mol. The van der Waals surface area contributed by atoms with Gasteiger partial charge in [-0.25, -0.2) is 4.57 Å². The van der Waals surface area contributed by atoms with Crippen molar-refractivity contribution in [1.82, 2.24) is 19.7 Å². The van der Waals surface area contributed by atoms with Crippen LogP contribution in [0.4, 0.5) is 5.69 Å². The third kappa shape index (κ3) is 4.89. The van der Waals surface area contributed by atoms with E-state index in [9.17, 15) is 9.59 Å². The van der Waals surface area contributed by atoms with Crippen molar-refractivity contribution in [2.75, 3.05) is 5.32 Å². The molecule has 0 saturated carbocycles. The molecule has 0 aliphatic carbocycles. The van der Waals surface area contributed by atoms with Crippen LogP contribution in [0.15, 0.2) is 53.8 Å². The van der Waals surface area contributed by atoms with Crippen molar-refractivity contribution in [2.45, 2.75) is 44.0 Å². The topological polar surface area (TPSA) is 89.8 Å². The minimum Gasteiger partial charge on any atom is -0.325 e. The highest BCUT2D eigenvalue weighted by Gasteiger charge is 2.23. The number of thioether (sulfide) groups is 1. The molecule has 0 aliphatic rings. The van der Waals surface area contributed by atoms with E-state index in [4.69, 9.17) is 0 Å². The predicted molar refractivity (Wildman–Crippen MR) is 114 cm³/mol. The van der Waals surface area contributed by atoms with E-state index in [1.54, 1.807) is 25.3 Å². The summed E-state index contributed by atoms with van der Waals surface area (Å²) in [4.78, 5) is 29.0. The Labute approximate surface area is 174 Å². The van der Waals surface area contributed by atoms with E-state index in [0.29, 0.717) is 22.6 Å². The maximum Gasteiger partial charge on any atom is 0.237 e. The van der Waals surface area contributed by atoms with Gasteiger partial charge in [0.1, 0.15) is 5.69 Å². The number of carbonyl (C=O) groups excluding carboxylic acids is 2. The lowest BCUT2D eigenvalue weighted by Gasteiger charge is -2.13. The Hall–Kier alpha value is -3.00. The Balaban J connectivity index is 1.74. The van der Waals surface area contributed by atoms with Gasteiger partial charge in [0.15, 0.2) is 11.0 Å². The van der Waals surface area contributed by atoms with Crippen LogP contribution in [0.2, 0.25) is 0 Å². The highest BCUT2D eigenvalue weighted by molar-refractivity contribution is 8.00. The van der Waals surface area contributed by atoms with Crippen LogP contribution in [0, 0.1) is 0 Å². The molecule has 29 heavy (non-hydrogen) atoms. The van der Waals surface area contributed by atoms with Gasteiger partial charge in [0.2, 0.25) is 11.8 Å². The number of hydrogen-bond acceptors (Lipinski definition) is 6. The third-order valence-corrected chi connectivity index (χ3v) is 5.38. The fraction of sp³-hybridized carbons (Fsp3) is 0.286. The molecule has 0 spiro atoms. The fourth-order valence-corrected chi connectivity index (χ4v) is 3.59. The molecule has 0 radical (unpaired) electrons. The largest absolute Gasteiger partial charge is 0.325 e. The second kappa shape index (κ2) is 9.00. The molecular weight excluding hydrogens is 386 g/mol. The first-order valence-corrected chi connectivity index (χ1v) is 10.2. The zero-order chi connectivity index (χ0) is 21.0. The highest BCUT2D eigenvalue weighted by Crippen LogP contribution is 2.27. The second-order valence-corrected chi connectivity index (χ2v) is 8.21. The molecule has 2 heterocycles. The van der Waals surface area contributed by atoms with E-state index in [2.05, 4.69) is 34.3 Å². The molecule has 1 unspecified atom stereocenters. The number of aromatic nitrogens is 4. The van der Waals surface area contributed by atoms with Gasteiger partial charge in [-0.15, -0.1) is 10.2 Å². The van der Waals surface area contributed by atoms with Gasteiger partial charge in [-0.1, -0.05) is 43.8 Å². The van der Waals surface area contributed by atoms with Crippen molar-refractivity contribution in [3.05, 3.63) is 54.2 Å². The molecule has 0 aliphatic heterocycles. The number of anilines is 1. The molecule has 2 aromatic heterocycles. The molecule has 0 fully saturated rings. The van der Waals surface area contributed by atoms with Crippen LogP contribution in [0.1, 0.15) is 44.0 Å². The van der Waals surface area contributed by atoms with Crippen molar-refractivity contribution in [3.63, 3.8) is 0 Å². The summed E-state index contributed by atoms with van der Waals surface area (Å²) in [5.41, 5.74) is 2.49. The van der Waals surface area contributed by atoms with E-state index in [-0.39, 0.29) is 11.8 Å². The number of hydrogen-bond donors (Lipinski definition) is 1. The van der Waals surface area contributed by atoms with E-state index in [1.807, 2.05) is 30.3 Å². The van der Waals surface area contributed by atoms with E-state index in [1.165, 1.54) is 28.8 Å². The molecule has 3 rings (SSSR count). The molecule has 1 aromatic carbocycles. The molecule has 1 amide bonds. The summed E-state index contributed by atoms with van der Waals surface area (Å²) in [7, 11) is 0. The number of amides is 1. The Morgan fingerprint density at radius 1 is 1.03 bits per heavy atom. The SMILES string of the molecule is CC(=O)n1c(SC(C)C(=O)Nc2ccc(C(C)C)cc2)nnc1-c1ccccn1. The molecule has 0 saturated heterocycles. The summed E-state index contributed by atoms with van der Waals surface area (Å²) in [6, 6.07) is 13.1. The lowest BCUT2D eigenvalue weighted by atomic mass is 10.0. The van der Waals surface area contributed by atoms with Crippen molar-refractivity contribution >= 4 is 29.3 Å². The molecule has 3 aromatic rings. The number of nitrogens with zero attached hydrogens (tertiary/aromatic N) is 4. The highest BCUT2D eigenvalue weighted by atomic mass is 32.2. The van der Waals surface area contributed by atoms with Gasteiger partial charge >= 0.3 is 0 Å². The summed E-state index contributed by atoms with van der Waals surface area (Å²) >= 11 is 1.18. The quantitative estimate of drug-likeness (QED) is 0.613. The van der Waals surface area contributed by atoms with Crippen molar-refractivity contribution in [3.8, 4) is 11.5 Å². The van der Waals surface area contributed by atoms with Crippen molar-refractivity contribution in [2.24, 2.45) is 0 Å². The van der Waals surface area contributed by atoms with Crippen LogP contribution in [-0.2, 0) is 4.79 Å². The number of carbonyl (C=O) groups is 2. The predicted octanol–water partition coefficient (Wildman–Crippen LogP) is 4.24. The van der Waals surface area contributed by atoms with E-state index < -0.39 is 5.25 Å². The zero-order valence-corrected chi connectivity index (χ0v) is 17.6. The maximum absolute atomic E-state index is 12.6. The van der Waals surface area contributed by atoms with Crippen LogP contribution < -0.4 is 5.32 Å². The Morgan fingerprint density at radius 3 is 2.34 bits per heavy atom. The maximum atomic E-state index is 12.6. The lowest BCUT2D eigenvalue weighted by molar-refractivity contribution is -0.115. The Kier molecular flexibility index (Phi) is 6.43. The van der Waals surface area contributed by atoms with Crippen LogP contribution in [0.3, 0.4) is 0 Å². The number of pyridine rings is 1. The van der Waals surface area contributed by atoms with Gasteiger partial charge < -0.3 is 5.32 Å². The van der Waals surface area contributed by atoms with E-state index in [0.717, 1.165) is 5.69 Å². The second-order valence-electron chi connectivity index (χ2n) is 6.90. The standard InChI is InChI=1S/C21H23N5O2S/c1-13(2)16-8-10-17(11-9-16)23-20(28)14(3)29-21-25-24-19(26(21)15(4)27)18-7-5-6-12-22-18/h5-14H,1-4H3,(H,23,28). The minimum atomic E-state index is -0.473. The first-order chi connectivity index (χ1) is 13.9. The molecule has 0 bridgehead atoms. The van der Waals surface area contributed by atoms with Crippen molar-refractivity contribution in [1.29, 1.82) is 0 Å². The molecule has 8 heteroatoms. The number of nitrogens with one attached hydrogen (secondary N) is 1. The van der Waals surface area contributed by atoms with Crippen molar-refractivity contribution < 1.29 is 9.59 Å². The number of benzene rings is 1. The third-order valence-electron chi connectivity index (χ3n) is 4.34. The number of rotatable bonds is 6. The van der Waals surface area contributed by atoms with E-state index >= 15 is 0 Å². The van der Waals surface area contributed by atoms with Crippen LogP contribution in [0.5, 0.6) is 0 Å².